The van der Waals surface area contributed by atoms with E-state index in [1.54, 1.807) is 4.68 Å². The van der Waals surface area contributed by atoms with E-state index in [4.69, 9.17) is 0 Å². The average molecular weight is 405 g/mol. The van der Waals surface area contributed by atoms with E-state index in [2.05, 4.69) is 31.7 Å². The second kappa shape index (κ2) is 8.67. The molecule has 7 nitrogen and oxygen atoms in total. The minimum absolute atomic E-state index is 0.131. The van der Waals surface area contributed by atoms with Gasteiger partial charge in [0.05, 0.1) is 17.1 Å². The van der Waals surface area contributed by atoms with Gasteiger partial charge in [0.2, 0.25) is 0 Å². The zero-order valence-electron chi connectivity index (χ0n) is 17.8. The third-order valence-corrected chi connectivity index (χ3v) is 5.64. The van der Waals surface area contributed by atoms with Crippen LogP contribution in [0.5, 0.6) is 0 Å². The van der Waals surface area contributed by atoms with Crippen LogP contribution in [-0.4, -0.2) is 46.9 Å². The first-order valence-corrected chi connectivity index (χ1v) is 10.4. The highest BCUT2D eigenvalue weighted by atomic mass is 16.1. The standard InChI is InChI=1S/C23H28N6O/c1-16-22(17(2)28(3)27-16)26-23(30)19-7-5-18(6-8-19)20-9-11-25-21(15-20)29-13-4-10-24-12-14-29/h5-9,11,15,24H,4,10,12-14H2,1-3H3,(H,26,30). The highest BCUT2D eigenvalue weighted by Crippen LogP contribution is 2.25. The van der Waals surface area contributed by atoms with Crippen LogP contribution in [0, 0.1) is 13.8 Å². The quantitative estimate of drug-likeness (QED) is 0.699. The predicted molar refractivity (Wildman–Crippen MR) is 120 cm³/mol. The van der Waals surface area contributed by atoms with Crippen molar-refractivity contribution in [3.63, 3.8) is 0 Å². The number of nitrogens with one attached hydrogen (secondary N) is 2. The van der Waals surface area contributed by atoms with E-state index in [0.717, 1.165) is 66.6 Å². The third kappa shape index (κ3) is 4.21. The molecule has 1 aromatic carbocycles. The lowest BCUT2D eigenvalue weighted by atomic mass is 10.0. The second-order valence-corrected chi connectivity index (χ2v) is 7.69. The van der Waals surface area contributed by atoms with Gasteiger partial charge < -0.3 is 15.5 Å². The summed E-state index contributed by atoms with van der Waals surface area (Å²) in [5.41, 5.74) is 5.31. The fraction of sp³-hybridized carbons (Fsp3) is 0.348. The Morgan fingerprint density at radius 1 is 1.07 bits per heavy atom. The average Bonchev–Trinajstić information content (AvgIpc) is 2.97. The number of nitrogens with zero attached hydrogens (tertiary/aromatic N) is 4. The monoisotopic (exact) mass is 404 g/mol. The third-order valence-electron chi connectivity index (χ3n) is 5.64. The molecule has 1 aliphatic rings. The van der Waals surface area contributed by atoms with Gasteiger partial charge in [-0.15, -0.1) is 0 Å². The van der Waals surface area contributed by atoms with E-state index in [1.165, 1.54) is 0 Å². The van der Waals surface area contributed by atoms with Gasteiger partial charge in [-0.25, -0.2) is 4.98 Å². The van der Waals surface area contributed by atoms with Gasteiger partial charge >= 0.3 is 0 Å². The van der Waals surface area contributed by atoms with Crippen LogP contribution in [0.2, 0.25) is 0 Å². The van der Waals surface area contributed by atoms with Gasteiger partial charge in [-0.2, -0.15) is 5.10 Å². The number of rotatable bonds is 4. The summed E-state index contributed by atoms with van der Waals surface area (Å²) in [4.78, 5) is 19.6. The molecule has 3 heterocycles. The molecule has 3 aromatic rings. The Labute approximate surface area is 177 Å². The normalized spacial score (nSPS) is 14.4. The number of carbonyl (C=O) groups excluding carboxylic acids is 1. The lowest BCUT2D eigenvalue weighted by Crippen LogP contribution is -2.28. The maximum Gasteiger partial charge on any atom is 0.255 e. The molecule has 4 rings (SSSR count). The Morgan fingerprint density at radius 3 is 2.60 bits per heavy atom. The van der Waals surface area contributed by atoms with Gasteiger partial charge in [-0.1, -0.05) is 12.1 Å². The molecule has 0 spiro atoms. The van der Waals surface area contributed by atoms with Crippen molar-refractivity contribution in [2.45, 2.75) is 20.3 Å². The van der Waals surface area contributed by atoms with E-state index in [9.17, 15) is 4.79 Å². The van der Waals surface area contributed by atoms with Crippen molar-refractivity contribution in [2.24, 2.45) is 7.05 Å². The minimum atomic E-state index is -0.131. The molecule has 156 valence electrons. The summed E-state index contributed by atoms with van der Waals surface area (Å²) in [6.45, 7) is 7.84. The molecule has 1 aliphatic heterocycles. The summed E-state index contributed by atoms with van der Waals surface area (Å²) in [6.07, 6.45) is 2.98. The smallest absolute Gasteiger partial charge is 0.255 e. The molecular weight excluding hydrogens is 376 g/mol. The fourth-order valence-corrected chi connectivity index (χ4v) is 3.80. The molecule has 1 saturated heterocycles. The number of aromatic nitrogens is 3. The van der Waals surface area contributed by atoms with Gasteiger partial charge in [0.1, 0.15) is 5.82 Å². The van der Waals surface area contributed by atoms with Gasteiger partial charge in [0, 0.05) is 38.4 Å². The summed E-state index contributed by atoms with van der Waals surface area (Å²) in [5.74, 6) is 0.869. The molecule has 0 atom stereocenters. The number of aryl methyl sites for hydroxylation is 2. The molecule has 0 unspecified atom stereocenters. The van der Waals surface area contributed by atoms with Crippen LogP contribution < -0.4 is 15.5 Å². The van der Waals surface area contributed by atoms with Crippen molar-refractivity contribution in [1.29, 1.82) is 0 Å². The van der Waals surface area contributed by atoms with Gasteiger partial charge in [0.25, 0.3) is 5.91 Å². The van der Waals surface area contributed by atoms with Crippen LogP contribution in [0.15, 0.2) is 42.6 Å². The van der Waals surface area contributed by atoms with Crippen LogP contribution in [0.4, 0.5) is 11.5 Å². The first kappa shape index (κ1) is 20.1. The zero-order chi connectivity index (χ0) is 21.1. The number of carbonyl (C=O) groups is 1. The number of pyridine rings is 1. The first-order valence-electron chi connectivity index (χ1n) is 10.4. The summed E-state index contributed by atoms with van der Waals surface area (Å²) in [7, 11) is 1.87. The Kier molecular flexibility index (Phi) is 5.81. The maximum atomic E-state index is 12.7. The second-order valence-electron chi connectivity index (χ2n) is 7.69. The molecule has 0 aliphatic carbocycles. The Morgan fingerprint density at radius 2 is 1.87 bits per heavy atom. The number of hydrogen-bond donors (Lipinski definition) is 2. The SMILES string of the molecule is Cc1nn(C)c(C)c1NC(=O)c1ccc(-c2ccnc(N3CCCNCC3)c2)cc1. The molecule has 1 amide bonds. The molecule has 0 bridgehead atoms. The van der Waals surface area contributed by atoms with Crippen LogP contribution in [0.3, 0.4) is 0 Å². The Hall–Kier alpha value is -3.19. The summed E-state index contributed by atoms with van der Waals surface area (Å²) >= 11 is 0. The fourth-order valence-electron chi connectivity index (χ4n) is 3.80. The van der Waals surface area contributed by atoms with E-state index in [0.29, 0.717) is 5.56 Å². The molecule has 2 N–H and O–H groups in total. The van der Waals surface area contributed by atoms with Crippen molar-refractivity contribution in [1.82, 2.24) is 20.1 Å². The molecular formula is C23H28N6O. The lowest BCUT2D eigenvalue weighted by Gasteiger charge is -2.21. The van der Waals surface area contributed by atoms with Crippen LogP contribution in [0.1, 0.15) is 28.2 Å². The van der Waals surface area contributed by atoms with Crippen LogP contribution in [-0.2, 0) is 7.05 Å². The Balaban J connectivity index is 1.50. The Bertz CT molecular complexity index is 1030. The summed E-state index contributed by atoms with van der Waals surface area (Å²) < 4.78 is 1.77. The zero-order valence-corrected chi connectivity index (χ0v) is 17.8. The van der Waals surface area contributed by atoms with Crippen molar-refractivity contribution >= 4 is 17.4 Å². The highest BCUT2D eigenvalue weighted by molar-refractivity contribution is 6.05. The minimum Gasteiger partial charge on any atom is -0.355 e. The van der Waals surface area contributed by atoms with Crippen LogP contribution in [0.25, 0.3) is 11.1 Å². The predicted octanol–water partition coefficient (Wildman–Crippen LogP) is 3.15. The molecule has 0 radical (unpaired) electrons. The van der Waals surface area contributed by atoms with Crippen molar-refractivity contribution < 1.29 is 4.79 Å². The topological polar surface area (TPSA) is 75.1 Å². The molecule has 7 heteroatoms. The van der Waals surface area contributed by atoms with E-state index < -0.39 is 0 Å². The highest BCUT2D eigenvalue weighted by Gasteiger charge is 2.15. The molecule has 2 aromatic heterocycles. The van der Waals surface area contributed by atoms with Gasteiger partial charge in [-0.05, 0) is 62.2 Å². The van der Waals surface area contributed by atoms with E-state index in [1.807, 2.05) is 57.4 Å². The maximum absolute atomic E-state index is 12.7. The van der Waals surface area contributed by atoms with Crippen molar-refractivity contribution in [2.75, 3.05) is 36.4 Å². The van der Waals surface area contributed by atoms with Crippen molar-refractivity contribution in [3.8, 4) is 11.1 Å². The van der Waals surface area contributed by atoms with E-state index in [-0.39, 0.29) is 5.91 Å². The number of amides is 1. The molecule has 1 fully saturated rings. The summed E-state index contributed by atoms with van der Waals surface area (Å²) in [5, 5.41) is 10.8. The number of benzene rings is 1. The van der Waals surface area contributed by atoms with Crippen molar-refractivity contribution in [3.05, 3.63) is 59.5 Å². The van der Waals surface area contributed by atoms with Gasteiger partial charge in [-0.3, -0.25) is 9.48 Å². The largest absolute Gasteiger partial charge is 0.355 e. The summed E-state index contributed by atoms with van der Waals surface area (Å²) in [6, 6.07) is 11.8. The van der Waals surface area contributed by atoms with E-state index >= 15 is 0 Å². The van der Waals surface area contributed by atoms with Crippen LogP contribution >= 0.6 is 0 Å². The number of hydrogen-bond acceptors (Lipinski definition) is 5. The van der Waals surface area contributed by atoms with Gasteiger partial charge in [0.15, 0.2) is 0 Å². The number of anilines is 2. The molecule has 30 heavy (non-hydrogen) atoms. The first-order chi connectivity index (χ1) is 14.5. The molecule has 0 saturated carbocycles. The lowest BCUT2D eigenvalue weighted by molar-refractivity contribution is 0.102.